The maximum Gasteiger partial charge on any atom is 0.337 e. The Morgan fingerprint density at radius 1 is 1.40 bits per heavy atom. The SMILES string of the molecule is CC1(C)[C@@H](Nc2c(C(N)=O)cnn3cc(C(=O)O)cc23)CC[C@]1(C)O. The van der Waals surface area contributed by atoms with Gasteiger partial charge in [0.05, 0.1) is 34.1 Å². The Hall–Kier alpha value is -2.61. The summed E-state index contributed by atoms with van der Waals surface area (Å²) in [5.41, 5.74) is 5.31. The van der Waals surface area contributed by atoms with Crippen molar-refractivity contribution in [2.75, 3.05) is 5.32 Å². The van der Waals surface area contributed by atoms with Gasteiger partial charge in [0.15, 0.2) is 0 Å². The molecule has 1 aliphatic rings. The standard InChI is InChI=1S/C17H22N4O4/c1-16(2)12(4-5-17(16,3)25)20-13-10(14(18)22)7-19-21-8-9(15(23)24)6-11(13)21/h6-8,12,20,25H,4-5H2,1-3H3,(H2,18,22)(H,23,24)/t12-,17-/m0/s1. The number of nitrogens with zero attached hydrogens (tertiary/aromatic N) is 2. The Balaban J connectivity index is 2.12. The van der Waals surface area contributed by atoms with Crippen LogP contribution in [0.1, 0.15) is 54.3 Å². The Bertz CT molecular complexity index is 869. The highest BCUT2D eigenvalue weighted by Crippen LogP contribution is 2.47. The second kappa shape index (κ2) is 5.45. The first-order valence-electron chi connectivity index (χ1n) is 8.08. The predicted octanol–water partition coefficient (Wildman–Crippen LogP) is 1.48. The number of aromatic nitrogens is 2. The number of nitrogens with two attached hydrogens (primary N) is 1. The lowest BCUT2D eigenvalue weighted by Gasteiger charge is -2.38. The Morgan fingerprint density at radius 3 is 2.60 bits per heavy atom. The molecule has 3 rings (SSSR count). The number of carboxylic acid groups (broad SMARTS) is 1. The first kappa shape index (κ1) is 17.2. The molecule has 5 N–H and O–H groups in total. The third-order valence-electron chi connectivity index (χ3n) is 5.65. The van der Waals surface area contributed by atoms with E-state index in [1.807, 2.05) is 13.8 Å². The van der Waals surface area contributed by atoms with Crippen LogP contribution in [-0.4, -0.2) is 43.3 Å². The summed E-state index contributed by atoms with van der Waals surface area (Å²) in [6.45, 7) is 5.72. The molecule has 25 heavy (non-hydrogen) atoms. The summed E-state index contributed by atoms with van der Waals surface area (Å²) in [5.74, 6) is -1.74. The van der Waals surface area contributed by atoms with Crippen molar-refractivity contribution in [3.63, 3.8) is 0 Å². The molecule has 2 heterocycles. The first-order chi connectivity index (χ1) is 11.5. The highest BCUT2D eigenvalue weighted by molar-refractivity contribution is 6.03. The number of fused-ring (bicyclic) bond motifs is 1. The Labute approximate surface area is 144 Å². The molecule has 2 atom stereocenters. The van der Waals surface area contributed by atoms with Crippen molar-refractivity contribution in [1.82, 2.24) is 9.61 Å². The van der Waals surface area contributed by atoms with Gasteiger partial charge in [-0.25, -0.2) is 9.31 Å². The second-order valence-electron chi connectivity index (χ2n) is 7.39. The molecule has 1 fully saturated rings. The van der Waals surface area contributed by atoms with E-state index < -0.39 is 22.9 Å². The largest absolute Gasteiger partial charge is 0.478 e. The number of hydrogen-bond donors (Lipinski definition) is 4. The fourth-order valence-corrected chi connectivity index (χ4v) is 3.42. The normalized spacial score (nSPS) is 25.2. The van der Waals surface area contributed by atoms with E-state index in [1.54, 1.807) is 6.92 Å². The zero-order valence-corrected chi connectivity index (χ0v) is 14.4. The third kappa shape index (κ3) is 2.62. The summed E-state index contributed by atoms with van der Waals surface area (Å²) in [6.07, 6.45) is 4.03. The minimum Gasteiger partial charge on any atom is -0.478 e. The molecule has 8 nitrogen and oxygen atoms in total. The van der Waals surface area contributed by atoms with Crippen LogP contribution in [0.2, 0.25) is 0 Å². The average molecular weight is 346 g/mol. The third-order valence-corrected chi connectivity index (χ3v) is 5.65. The van der Waals surface area contributed by atoms with Gasteiger partial charge >= 0.3 is 5.97 Å². The number of aliphatic hydroxyl groups is 1. The molecule has 0 bridgehead atoms. The number of amides is 1. The van der Waals surface area contributed by atoms with Crippen molar-refractivity contribution in [2.45, 2.75) is 45.3 Å². The highest BCUT2D eigenvalue weighted by atomic mass is 16.4. The molecule has 0 saturated heterocycles. The maximum absolute atomic E-state index is 11.8. The molecule has 1 aliphatic carbocycles. The van der Waals surface area contributed by atoms with Gasteiger partial charge < -0.3 is 21.3 Å². The summed E-state index contributed by atoms with van der Waals surface area (Å²) in [7, 11) is 0. The molecule has 134 valence electrons. The van der Waals surface area contributed by atoms with Crippen LogP contribution < -0.4 is 11.1 Å². The van der Waals surface area contributed by atoms with Gasteiger partial charge in [-0.15, -0.1) is 0 Å². The fourth-order valence-electron chi connectivity index (χ4n) is 3.42. The van der Waals surface area contributed by atoms with E-state index in [-0.39, 0.29) is 17.2 Å². The molecule has 1 amide bonds. The number of nitrogens with one attached hydrogen (secondary N) is 1. The summed E-state index contributed by atoms with van der Waals surface area (Å²) >= 11 is 0. The Kier molecular flexibility index (Phi) is 3.75. The molecule has 0 spiro atoms. The number of hydrogen-bond acceptors (Lipinski definition) is 5. The second-order valence-corrected chi connectivity index (χ2v) is 7.39. The van der Waals surface area contributed by atoms with E-state index in [2.05, 4.69) is 10.4 Å². The van der Waals surface area contributed by atoms with Crippen LogP contribution in [0.4, 0.5) is 5.69 Å². The lowest BCUT2D eigenvalue weighted by atomic mass is 9.76. The lowest BCUT2D eigenvalue weighted by Crippen LogP contribution is -2.45. The van der Waals surface area contributed by atoms with Gasteiger partial charge in [-0.1, -0.05) is 13.8 Å². The van der Waals surface area contributed by atoms with E-state index in [1.165, 1.54) is 23.0 Å². The maximum atomic E-state index is 11.8. The molecule has 0 aromatic carbocycles. The quantitative estimate of drug-likeness (QED) is 0.663. The molecule has 0 radical (unpaired) electrons. The lowest BCUT2D eigenvalue weighted by molar-refractivity contribution is -0.0283. The molecule has 0 unspecified atom stereocenters. The summed E-state index contributed by atoms with van der Waals surface area (Å²) in [6, 6.07) is 1.33. The van der Waals surface area contributed by atoms with Crippen LogP contribution in [0.5, 0.6) is 0 Å². The summed E-state index contributed by atoms with van der Waals surface area (Å²) in [4.78, 5) is 23.1. The van der Waals surface area contributed by atoms with Crippen LogP contribution in [-0.2, 0) is 0 Å². The number of carbonyl (C=O) groups excluding carboxylic acids is 1. The first-order valence-corrected chi connectivity index (χ1v) is 8.08. The monoisotopic (exact) mass is 346 g/mol. The number of primary amides is 1. The van der Waals surface area contributed by atoms with Crippen molar-refractivity contribution in [3.8, 4) is 0 Å². The molecule has 1 saturated carbocycles. The van der Waals surface area contributed by atoms with Gasteiger partial charge in [-0.3, -0.25) is 4.79 Å². The van der Waals surface area contributed by atoms with E-state index in [0.717, 1.165) is 0 Å². The topological polar surface area (TPSA) is 130 Å². The molecular weight excluding hydrogens is 324 g/mol. The van der Waals surface area contributed by atoms with E-state index in [0.29, 0.717) is 24.0 Å². The van der Waals surface area contributed by atoms with Crippen LogP contribution in [0, 0.1) is 5.41 Å². The average Bonchev–Trinajstić information content (AvgIpc) is 3.02. The van der Waals surface area contributed by atoms with Crippen molar-refractivity contribution < 1.29 is 19.8 Å². The molecule has 2 aromatic heterocycles. The zero-order chi connectivity index (χ0) is 18.6. The van der Waals surface area contributed by atoms with Crippen LogP contribution in [0.25, 0.3) is 5.52 Å². The van der Waals surface area contributed by atoms with Gasteiger partial charge in [0, 0.05) is 17.7 Å². The fraction of sp³-hybridized carbons (Fsp3) is 0.471. The number of anilines is 1. The highest BCUT2D eigenvalue weighted by Gasteiger charge is 2.50. The number of carbonyl (C=O) groups is 2. The predicted molar refractivity (Wildman–Crippen MR) is 91.7 cm³/mol. The van der Waals surface area contributed by atoms with Crippen molar-refractivity contribution in [1.29, 1.82) is 0 Å². The van der Waals surface area contributed by atoms with Crippen LogP contribution in [0.3, 0.4) is 0 Å². The summed E-state index contributed by atoms with van der Waals surface area (Å²) in [5, 5.41) is 27.2. The smallest absolute Gasteiger partial charge is 0.337 e. The molecular formula is C17H22N4O4. The van der Waals surface area contributed by atoms with Gasteiger partial charge in [0.1, 0.15) is 0 Å². The number of aromatic carboxylic acids is 1. The number of carboxylic acids is 1. The molecule has 8 heteroatoms. The Morgan fingerprint density at radius 2 is 2.08 bits per heavy atom. The minimum atomic E-state index is -1.08. The van der Waals surface area contributed by atoms with Gasteiger partial charge in [0.2, 0.25) is 0 Å². The minimum absolute atomic E-state index is 0.0647. The van der Waals surface area contributed by atoms with Crippen molar-refractivity contribution >= 4 is 23.1 Å². The van der Waals surface area contributed by atoms with Crippen molar-refractivity contribution in [2.24, 2.45) is 11.1 Å². The van der Waals surface area contributed by atoms with E-state index in [9.17, 15) is 19.8 Å². The molecule has 0 aliphatic heterocycles. The van der Waals surface area contributed by atoms with Crippen LogP contribution >= 0.6 is 0 Å². The molecule has 2 aromatic rings. The zero-order valence-electron chi connectivity index (χ0n) is 14.4. The van der Waals surface area contributed by atoms with Gasteiger partial charge in [-0.2, -0.15) is 5.10 Å². The van der Waals surface area contributed by atoms with Gasteiger partial charge in [-0.05, 0) is 25.8 Å². The van der Waals surface area contributed by atoms with E-state index in [4.69, 9.17) is 5.73 Å². The van der Waals surface area contributed by atoms with Crippen molar-refractivity contribution in [3.05, 3.63) is 29.6 Å². The number of rotatable bonds is 4. The van der Waals surface area contributed by atoms with Gasteiger partial charge in [0.25, 0.3) is 5.91 Å². The summed E-state index contributed by atoms with van der Waals surface area (Å²) < 4.78 is 1.40. The van der Waals surface area contributed by atoms with Crippen LogP contribution in [0.15, 0.2) is 18.5 Å². The van der Waals surface area contributed by atoms with E-state index >= 15 is 0 Å².